The number of amides is 1. The topological polar surface area (TPSA) is 72.9 Å². The maximum atomic E-state index is 12.2. The number of nitrogens with zero attached hydrogens (tertiary/aromatic N) is 1. The van der Waals surface area contributed by atoms with E-state index >= 15 is 0 Å². The molecule has 1 fully saturated rings. The van der Waals surface area contributed by atoms with E-state index in [1.54, 1.807) is 32.4 Å². The first kappa shape index (κ1) is 18.3. The fourth-order valence-electron chi connectivity index (χ4n) is 2.61. The van der Waals surface area contributed by atoms with Gasteiger partial charge in [-0.15, -0.1) is 0 Å². The summed E-state index contributed by atoms with van der Waals surface area (Å²) in [7, 11) is 0.187. The number of methoxy groups -OCH3 is 1. The molecule has 6 nitrogen and oxygen atoms in total. The molecule has 1 saturated heterocycles. The van der Waals surface area contributed by atoms with Gasteiger partial charge in [-0.2, -0.15) is 0 Å². The van der Waals surface area contributed by atoms with Crippen LogP contribution in [0.25, 0.3) is 6.08 Å². The Labute approximate surface area is 143 Å². The first-order valence-electron chi connectivity index (χ1n) is 7.82. The van der Waals surface area contributed by atoms with Crippen LogP contribution in [0.2, 0.25) is 0 Å². The van der Waals surface area contributed by atoms with Crippen LogP contribution < -0.4 is 9.47 Å². The van der Waals surface area contributed by atoms with Gasteiger partial charge >= 0.3 is 0 Å². The van der Waals surface area contributed by atoms with Crippen LogP contribution in [0.5, 0.6) is 11.5 Å². The molecule has 2 rings (SSSR count). The molecule has 132 valence electrons. The number of benzene rings is 1. The van der Waals surface area contributed by atoms with E-state index in [1.165, 1.54) is 11.0 Å². The molecule has 0 bridgehead atoms. The van der Waals surface area contributed by atoms with Crippen molar-refractivity contribution in [2.75, 3.05) is 32.3 Å². The smallest absolute Gasteiger partial charge is 0.246 e. The van der Waals surface area contributed by atoms with Crippen molar-refractivity contribution in [3.05, 3.63) is 29.8 Å². The average molecular weight is 353 g/mol. The second-order valence-electron chi connectivity index (χ2n) is 5.68. The Kier molecular flexibility index (Phi) is 5.88. The van der Waals surface area contributed by atoms with Gasteiger partial charge in [0.2, 0.25) is 5.91 Å². The van der Waals surface area contributed by atoms with Crippen LogP contribution in [0, 0.1) is 0 Å². The van der Waals surface area contributed by atoms with Crippen LogP contribution in [0.4, 0.5) is 0 Å². The van der Waals surface area contributed by atoms with E-state index < -0.39 is 9.84 Å². The fourth-order valence-corrected chi connectivity index (χ4v) is 4.38. The van der Waals surface area contributed by atoms with Crippen molar-refractivity contribution in [1.82, 2.24) is 4.90 Å². The predicted octanol–water partition coefficient (Wildman–Crippen LogP) is 1.75. The number of hydrogen-bond donors (Lipinski definition) is 0. The standard InChI is InChI=1S/C17H23NO5S/c1-4-23-15-7-5-13(11-16(15)22-3)6-8-17(19)18(2)14-9-10-24(20,21)12-14/h5-8,11,14H,4,9-10,12H2,1-3H3/b8-6-/t14-/m1/s1. The summed E-state index contributed by atoms with van der Waals surface area (Å²) in [6.45, 7) is 2.43. The minimum atomic E-state index is -3.01. The van der Waals surface area contributed by atoms with E-state index in [-0.39, 0.29) is 23.5 Å². The minimum absolute atomic E-state index is 0.0416. The third kappa shape index (κ3) is 4.50. The van der Waals surface area contributed by atoms with Crippen LogP contribution in [-0.2, 0) is 14.6 Å². The summed E-state index contributed by atoms with van der Waals surface area (Å²) in [5.74, 6) is 1.22. The van der Waals surface area contributed by atoms with E-state index in [9.17, 15) is 13.2 Å². The van der Waals surface area contributed by atoms with Gasteiger partial charge in [0.1, 0.15) is 0 Å². The molecule has 1 heterocycles. The molecule has 0 aromatic heterocycles. The van der Waals surface area contributed by atoms with E-state index in [1.807, 2.05) is 13.0 Å². The Bertz CT molecular complexity index is 726. The van der Waals surface area contributed by atoms with Crippen molar-refractivity contribution in [3.63, 3.8) is 0 Å². The summed E-state index contributed by atoms with van der Waals surface area (Å²) in [5, 5.41) is 0. The van der Waals surface area contributed by atoms with Gasteiger partial charge in [-0.05, 0) is 37.1 Å². The second kappa shape index (κ2) is 7.70. The molecule has 0 radical (unpaired) electrons. The summed E-state index contributed by atoms with van der Waals surface area (Å²) in [5.41, 5.74) is 0.802. The molecule has 0 saturated carbocycles. The molecule has 1 aliphatic rings. The molecule has 0 unspecified atom stereocenters. The van der Waals surface area contributed by atoms with E-state index in [4.69, 9.17) is 9.47 Å². The highest BCUT2D eigenvalue weighted by Crippen LogP contribution is 2.28. The van der Waals surface area contributed by atoms with Crippen molar-refractivity contribution < 1.29 is 22.7 Å². The molecule has 0 N–H and O–H groups in total. The molecule has 1 aliphatic heterocycles. The number of carbonyl (C=O) groups is 1. The van der Waals surface area contributed by atoms with Crippen LogP contribution in [0.15, 0.2) is 24.3 Å². The average Bonchev–Trinajstić information content (AvgIpc) is 2.93. The van der Waals surface area contributed by atoms with Gasteiger partial charge in [0.05, 0.1) is 25.2 Å². The summed E-state index contributed by atoms with van der Waals surface area (Å²) in [6, 6.07) is 5.16. The lowest BCUT2D eigenvalue weighted by Gasteiger charge is -2.21. The second-order valence-corrected chi connectivity index (χ2v) is 7.91. The molecule has 1 atom stereocenters. The van der Waals surface area contributed by atoms with Crippen LogP contribution in [0.3, 0.4) is 0 Å². The van der Waals surface area contributed by atoms with Gasteiger partial charge in [-0.25, -0.2) is 8.42 Å². The van der Waals surface area contributed by atoms with E-state index in [2.05, 4.69) is 0 Å². The summed E-state index contributed by atoms with van der Waals surface area (Å²) < 4.78 is 33.8. The fraction of sp³-hybridized carbons (Fsp3) is 0.471. The number of rotatable bonds is 6. The lowest BCUT2D eigenvalue weighted by molar-refractivity contribution is -0.126. The maximum absolute atomic E-state index is 12.2. The van der Waals surface area contributed by atoms with Crippen LogP contribution in [-0.4, -0.2) is 57.5 Å². The van der Waals surface area contributed by atoms with Crippen LogP contribution >= 0.6 is 0 Å². The molecule has 0 aliphatic carbocycles. The minimum Gasteiger partial charge on any atom is -0.493 e. The lowest BCUT2D eigenvalue weighted by Crippen LogP contribution is -2.36. The van der Waals surface area contributed by atoms with Gasteiger partial charge in [-0.3, -0.25) is 4.79 Å². The number of hydrogen-bond acceptors (Lipinski definition) is 5. The molecule has 24 heavy (non-hydrogen) atoms. The van der Waals surface area contributed by atoms with Gasteiger partial charge in [0.25, 0.3) is 0 Å². The Hall–Kier alpha value is -2.02. The predicted molar refractivity (Wildman–Crippen MR) is 93.0 cm³/mol. The van der Waals surface area contributed by atoms with Crippen molar-refractivity contribution in [1.29, 1.82) is 0 Å². The number of ether oxygens (including phenoxy) is 2. The largest absolute Gasteiger partial charge is 0.493 e. The van der Waals surface area contributed by atoms with Gasteiger partial charge in [0.15, 0.2) is 21.3 Å². The summed E-state index contributed by atoms with van der Waals surface area (Å²) in [6.07, 6.45) is 3.62. The Morgan fingerprint density at radius 3 is 2.71 bits per heavy atom. The number of carbonyl (C=O) groups excluding carboxylic acids is 1. The zero-order valence-electron chi connectivity index (χ0n) is 14.2. The van der Waals surface area contributed by atoms with Crippen molar-refractivity contribution in [2.24, 2.45) is 0 Å². The van der Waals surface area contributed by atoms with Crippen molar-refractivity contribution in [2.45, 2.75) is 19.4 Å². The number of sulfone groups is 1. The first-order valence-corrected chi connectivity index (χ1v) is 9.64. The van der Waals surface area contributed by atoms with Gasteiger partial charge < -0.3 is 14.4 Å². The highest BCUT2D eigenvalue weighted by atomic mass is 32.2. The van der Waals surface area contributed by atoms with E-state index in [0.717, 1.165) is 5.56 Å². The van der Waals surface area contributed by atoms with E-state index in [0.29, 0.717) is 24.5 Å². The monoisotopic (exact) mass is 353 g/mol. The molecule has 1 aromatic carbocycles. The third-order valence-corrected chi connectivity index (χ3v) is 5.76. The molecule has 1 aromatic rings. The van der Waals surface area contributed by atoms with Crippen LogP contribution in [0.1, 0.15) is 18.9 Å². The summed E-state index contributed by atoms with van der Waals surface area (Å²) >= 11 is 0. The SMILES string of the molecule is CCOc1ccc(/C=C\C(=O)N(C)[C@@H]2CCS(=O)(=O)C2)cc1OC. The third-order valence-electron chi connectivity index (χ3n) is 4.01. The van der Waals surface area contributed by atoms with Crippen molar-refractivity contribution in [3.8, 4) is 11.5 Å². The highest BCUT2D eigenvalue weighted by molar-refractivity contribution is 7.91. The molecular formula is C17H23NO5S. The molecule has 7 heteroatoms. The van der Waals surface area contributed by atoms with Gasteiger partial charge in [-0.1, -0.05) is 6.07 Å². The normalized spacial score (nSPS) is 19.4. The summed E-state index contributed by atoms with van der Waals surface area (Å²) in [4.78, 5) is 13.7. The quantitative estimate of drug-likeness (QED) is 0.729. The molecular weight excluding hydrogens is 330 g/mol. The van der Waals surface area contributed by atoms with Gasteiger partial charge in [0, 0.05) is 19.2 Å². The Morgan fingerprint density at radius 1 is 1.38 bits per heavy atom. The zero-order valence-corrected chi connectivity index (χ0v) is 15.0. The maximum Gasteiger partial charge on any atom is 0.246 e. The molecule has 0 spiro atoms. The number of likely N-dealkylation sites (N-methyl/N-ethyl adjacent to an activating group) is 1. The highest BCUT2D eigenvalue weighted by Gasteiger charge is 2.31. The zero-order chi connectivity index (χ0) is 17.7. The molecule has 1 amide bonds. The Morgan fingerprint density at radius 2 is 2.12 bits per heavy atom. The first-order chi connectivity index (χ1) is 11.4. The lowest BCUT2D eigenvalue weighted by atomic mass is 10.1. The Balaban J connectivity index is 2.05. The van der Waals surface area contributed by atoms with Crippen molar-refractivity contribution >= 4 is 21.8 Å².